The fourth-order valence-corrected chi connectivity index (χ4v) is 2.42. The molecule has 2 rings (SSSR count). The zero-order chi connectivity index (χ0) is 13.8. The molecule has 1 fully saturated rings. The van der Waals surface area contributed by atoms with E-state index in [0.717, 1.165) is 6.19 Å². The summed E-state index contributed by atoms with van der Waals surface area (Å²) in [7, 11) is 3.04. The number of hydrogen-bond donors (Lipinski definition) is 1. The molecule has 7 heteroatoms. The van der Waals surface area contributed by atoms with Crippen LogP contribution in [0.25, 0.3) is 0 Å². The molecular weight excluding hydrogens is 245 g/mol. The Morgan fingerprint density at radius 2 is 2.26 bits per heavy atom. The molecule has 1 radical (unpaired) electrons. The van der Waals surface area contributed by atoms with Crippen LogP contribution in [0.15, 0.2) is 12.1 Å². The van der Waals surface area contributed by atoms with Crippen LogP contribution in [0.2, 0.25) is 0 Å². The molecule has 0 aliphatic carbocycles. The summed E-state index contributed by atoms with van der Waals surface area (Å²) < 4.78 is 4.97. The van der Waals surface area contributed by atoms with Crippen molar-refractivity contribution in [1.82, 2.24) is 15.0 Å². The molecule has 101 valence electrons. The van der Waals surface area contributed by atoms with Crippen molar-refractivity contribution in [1.29, 1.82) is 0 Å². The van der Waals surface area contributed by atoms with E-state index in [1.54, 1.807) is 12.1 Å². The number of aromatic nitrogens is 2. The fourth-order valence-electron chi connectivity index (χ4n) is 2.42. The second-order valence-electron chi connectivity index (χ2n) is 4.81. The minimum Gasteiger partial charge on any atom is -0.480 e. The minimum atomic E-state index is -0.487. The molecule has 0 aromatic carbocycles. The Labute approximate surface area is 113 Å². The smallest absolute Gasteiger partial charge is 0.293 e. The number of aliphatic hydroxyl groups excluding tert-OH is 1. The summed E-state index contributed by atoms with van der Waals surface area (Å²) in [6, 6.07) is 3.53. The van der Waals surface area contributed by atoms with Crippen LogP contribution in [0.5, 0.6) is 5.88 Å². The number of carbonyl (C=O) groups is 1. The van der Waals surface area contributed by atoms with Gasteiger partial charge in [0.15, 0.2) is 0 Å². The summed E-state index contributed by atoms with van der Waals surface area (Å²) in [5.41, 5.74) is 0.712. The van der Waals surface area contributed by atoms with Crippen LogP contribution in [-0.2, 0) is 4.79 Å². The molecule has 2 heterocycles. The molecule has 1 aliphatic heterocycles. The van der Waals surface area contributed by atoms with Crippen LogP contribution in [0.4, 0.5) is 0 Å². The number of methoxy groups -OCH3 is 1. The maximum absolute atomic E-state index is 10.6. The molecule has 6 nitrogen and oxygen atoms in total. The number of hydrogen-bond acceptors (Lipinski definition) is 6. The van der Waals surface area contributed by atoms with Crippen molar-refractivity contribution in [3.63, 3.8) is 0 Å². The molecule has 0 spiro atoms. The first-order chi connectivity index (χ1) is 9.15. The van der Waals surface area contributed by atoms with Gasteiger partial charge in [-0.2, -0.15) is 5.10 Å². The van der Waals surface area contributed by atoms with E-state index < -0.39 is 6.10 Å². The third kappa shape index (κ3) is 3.11. The zero-order valence-electron chi connectivity index (χ0n) is 11.1. The van der Waals surface area contributed by atoms with Crippen LogP contribution < -0.4 is 4.74 Å². The lowest BCUT2D eigenvalue weighted by Gasteiger charge is -2.39. The first kappa shape index (κ1) is 14.0. The highest BCUT2D eigenvalue weighted by Gasteiger charge is 2.35. The fraction of sp³-hybridized carbons (Fsp3) is 0.583. The Morgan fingerprint density at radius 3 is 2.84 bits per heavy atom. The highest BCUT2D eigenvalue weighted by Crippen LogP contribution is 2.29. The van der Waals surface area contributed by atoms with Gasteiger partial charge in [0.05, 0.1) is 25.1 Å². The molecule has 0 amide bonds. The molecule has 0 saturated carbocycles. The average molecular weight is 262 g/mol. The van der Waals surface area contributed by atoms with E-state index >= 15 is 0 Å². The average Bonchev–Trinajstić information content (AvgIpc) is 2.43. The monoisotopic (exact) mass is 262 g/mol. The summed E-state index contributed by atoms with van der Waals surface area (Å²) in [5.74, 6) is 0.357. The molecule has 1 N–H and O–H groups in total. The van der Waals surface area contributed by atoms with Gasteiger partial charge in [0.2, 0.25) is 5.88 Å². The normalized spacial score (nSPS) is 27.8. The van der Waals surface area contributed by atoms with Crippen molar-refractivity contribution < 1.29 is 14.6 Å². The first-order valence-corrected chi connectivity index (χ1v) is 6.24. The van der Waals surface area contributed by atoms with Crippen LogP contribution in [0.1, 0.15) is 18.5 Å². The molecule has 3 unspecified atom stereocenters. The Morgan fingerprint density at radius 1 is 1.47 bits per heavy atom. The maximum atomic E-state index is 10.6. The minimum absolute atomic E-state index is 0.0684. The summed E-state index contributed by atoms with van der Waals surface area (Å²) >= 11 is 0. The largest absolute Gasteiger partial charge is 0.480 e. The zero-order valence-corrected chi connectivity index (χ0v) is 11.1. The number of piperidine rings is 1. The van der Waals surface area contributed by atoms with E-state index in [1.807, 2.05) is 11.7 Å². The van der Waals surface area contributed by atoms with Gasteiger partial charge < -0.3 is 19.4 Å². The lowest BCUT2D eigenvalue weighted by atomic mass is 9.79. The summed E-state index contributed by atoms with van der Waals surface area (Å²) in [5, 5.41) is 18.3. The van der Waals surface area contributed by atoms with Gasteiger partial charge in [-0.3, -0.25) is 0 Å². The first-order valence-electron chi connectivity index (χ1n) is 6.24. The summed E-state index contributed by atoms with van der Waals surface area (Å²) in [4.78, 5) is 12.5. The van der Waals surface area contributed by atoms with Gasteiger partial charge in [-0.15, -0.1) is 5.10 Å². The quantitative estimate of drug-likeness (QED) is 0.592. The number of aliphatic hydroxyl groups is 1. The molecule has 1 saturated heterocycles. The van der Waals surface area contributed by atoms with Gasteiger partial charge in [0, 0.05) is 12.0 Å². The van der Waals surface area contributed by atoms with E-state index in [1.165, 1.54) is 14.5 Å². The van der Waals surface area contributed by atoms with E-state index in [0.29, 0.717) is 24.7 Å². The van der Waals surface area contributed by atoms with Crippen LogP contribution >= 0.6 is 0 Å². The maximum Gasteiger partial charge on any atom is 0.293 e. The standard InChI is InChI=1S/C12H17BN3O3/c1-8-5-16(13-7-17)6-9(12(8)18)10-3-4-11(19-2)15-14-10/h3-4,7-9,12,18H,5-6H2,1-2H3. The van der Waals surface area contributed by atoms with Crippen molar-refractivity contribution in [2.75, 3.05) is 20.2 Å². The molecule has 19 heavy (non-hydrogen) atoms. The van der Waals surface area contributed by atoms with Crippen LogP contribution in [-0.4, -0.2) is 60.0 Å². The van der Waals surface area contributed by atoms with Crippen molar-refractivity contribution in [2.45, 2.75) is 18.9 Å². The topological polar surface area (TPSA) is 75.5 Å². The third-order valence-electron chi connectivity index (χ3n) is 3.47. The van der Waals surface area contributed by atoms with Crippen molar-refractivity contribution in [3.05, 3.63) is 17.8 Å². The summed E-state index contributed by atoms with van der Waals surface area (Å²) in [6.07, 6.45) is 0.278. The highest BCUT2D eigenvalue weighted by atomic mass is 16.5. The lowest BCUT2D eigenvalue weighted by molar-refractivity contribution is 0.0396. The predicted octanol–water partition coefficient (Wildman–Crippen LogP) is -0.309. The number of nitrogens with zero attached hydrogens (tertiary/aromatic N) is 3. The Hall–Kier alpha value is -1.47. The number of ether oxygens (including phenoxy) is 1. The van der Waals surface area contributed by atoms with Crippen LogP contribution in [0.3, 0.4) is 0 Å². The predicted molar refractivity (Wildman–Crippen MR) is 70.6 cm³/mol. The molecule has 3 atom stereocenters. The second kappa shape index (κ2) is 6.12. The van der Waals surface area contributed by atoms with Gasteiger partial charge in [-0.25, -0.2) is 0 Å². The highest BCUT2D eigenvalue weighted by molar-refractivity contribution is 6.64. The molecular formula is C12H17BN3O3. The third-order valence-corrected chi connectivity index (χ3v) is 3.47. The van der Waals surface area contributed by atoms with Crippen molar-refractivity contribution in [3.8, 4) is 5.88 Å². The van der Waals surface area contributed by atoms with E-state index in [-0.39, 0.29) is 11.8 Å². The Bertz CT molecular complexity index is 429. The Kier molecular flexibility index (Phi) is 4.49. The molecule has 1 aromatic rings. The van der Waals surface area contributed by atoms with Gasteiger partial charge >= 0.3 is 0 Å². The van der Waals surface area contributed by atoms with Crippen LogP contribution in [0, 0.1) is 5.92 Å². The van der Waals surface area contributed by atoms with E-state index in [4.69, 9.17) is 4.74 Å². The van der Waals surface area contributed by atoms with E-state index in [9.17, 15) is 9.90 Å². The molecule has 1 aromatic heterocycles. The van der Waals surface area contributed by atoms with Gasteiger partial charge in [-0.1, -0.05) is 6.92 Å². The van der Waals surface area contributed by atoms with Crippen molar-refractivity contribution in [2.24, 2.45) is 5.92 Å². The van der Waals surface area contributed by atoms with Gasteiger partial charge in [0.1, 0.15) is 0 Å². The van der Waals surface area contributed by atoms with E-state index in [2.05, 4.69) is 10.2 Å². The van der Waals surface area contributed by atoms with Crippen molar-refractivity contribution >= 4 is 13.6 Å². The summed E-state index contributed by atoms with van der Waals surface area (Å²) in [6.45, 7) is 3.19. The van der Waals surface area contributed by atoms with Gasteiger partial charge in [0.25, 0.3) is 7.41 Å². The molecule has 1 aliphatic rings. The molecule has 0 bridgehead atoms. The van der Waals surface area contributed by atoms with Gasteiger partial charge in [-0.05, 0) is 25.1 Å². The number of rotatable bonds is 4. The second-order valence-corrected chi connectivity index (χ2v) is 4.81. The number of carbonyl (C=O) groups excluding carboxylic acids is 1. The SMILES string of the molecule is COc1ccc(C2CN([B]C=O)CC(C)C2O)nn1. The lowest BCUT2D eigenvalue weighted by Crippen LogP contribution is -2.49. The Balaban J connectivity index is 2.16.